The SMILES string of the molecule is CCc1ccccc1N1CC(c2nnc(NC(=O)c3ccc([N+](=O)[O-])cc3)s2)CC1=O. The van der Waals surface area contributed by atoms with E-state index in [9.17, 15) is 19.7 Å². The second-order valence-corrected chi connectivity index (χ2v) is 8.10. The molecule has 0 bridgehead atoms. The van der Waals surface area contributed by atoms with Crippen molar-refractivity contribution in [3.8, 4) is 0 Å². The fraction of sp³-hybridized carbons (Fsp3) is 0.238. The summed E-state index contributed by atoms with van der Waals surface area (Å²) in [6.07, 6.45) is 1.17. The van der Waals surface area contributed by atoms with Gasteiger partial charge < -0.3 is 4.90 Å². The number of carbonyl (C=O) groups excluding carboxylic acids is 2. The molecule has 9 nitrogen and oxygen atoms in total. The highest BCUT2D eigenvalue weighted by Gasteiger charge is 2.34. The van der Waals surface area contributed by atoms with Crippen molar-refractivity contribution < 1.29 is 14.5 Å². The number of aryl methyl sites for hydroxylation is 1. The maximum atomic E-state index is 12.6. The standard InChI is InChI=1S/C21H19N5O4S/c1-2-13-5-3-4-6-17(13)25-12-15(11-18(25)27)20-23-24-21(31-20)22-19(28)14-7-9-16(10-8-14)26(29)30/h3-10,15H,2,11-12H2,1H3,(H,22,24,28). The first kappa shape index (κ1) is 20.6. The minimum absolute atomic E-state index is 0.0394. The number of carbonyl (C=O) groups is 2. The molecular weight excluding hydrogens is 418 g/mol. The smallest absolute Gasteiger partial charge is 0.269 e. The number of aromatic nitrogens is 2. The fourth-order valence-electron chi connectivity index (χ4n) is 3.53. The first-order chi connectivity index (χ1) is 15.0. The predicted octanol–water partition coefficient (Wildman–Crippen LogP) is 3.78. The van der Waals surface area contributed by atoms with Crippen LogP contribution >= 0.6 is 11.3 Å². The van der Waals surface area contributed by atoms with Crippen molar-refractivity contribution in [2.75, 3.05) is 16.8 Å². The van der Waals surface area contributed by atoms with Gasteiger partial charge in [0.05, 0.1) is 4.92 Å². The number of nitro groups is 1. The van der Waals surface area contributed by atoms with Crippen molar-refractivity contribution in [3.05, 3.63) is 74.8 Å². The molecule has 31 heavy (non-hydrogen) atoms. The summed E-state index contributed by atoms with van der Waals surface area (Å²) in [5.41, 5.74) is 2.23. The van der Waals surface area contributed by atoms with Gasteiger partial charge in [-0.15, -0.1) is 10.2 Å². The van der Waals surface area contributed by atoms with Crippen molar-refractivity contribution >= 4 is 39.7 Å². The van der Waals surface area contributed by atoms with E-state index >= 15 is 0 Å². The summed E-state index contributed by atoms with van der Waals surface area (Å²) in [6.45, 7) is 2.57. The van der Waals surface area contributed by atoms with Gasteiger partial charge >= 0.3 is 0 Å². The molecule has 1 aliphatic heterocycles. The molecule has 0 radical (unpaired) electrons. The normalized spacial score (nSPS) is 15.8. The van der Waals surface area contributed by atoms with Crippen molar-refractivity contribution in [2.24, 2.45) is 0 Å². The van der Waals surface area contributed by atoms with Gasteiger partial charge in [0.1, 0.15) is 5.01 Å². The number of benzene rings is 2. The zero-order valence-corrected chi connectivity index (χ0v) is 17.5. The van der Waals surface area contributed by atoms with Gasteiger partial charge in [0.15, 0.2) is 0 Å². The second kappa shape index (κ2) is 8.60. The third-order valence-corrected chi connectivity index (χ3v) is 6.14. The van der Waals surface area contributed by atoms with Crippen LogP contribution < -0.4 is 10.2 Å². The van der Waals surface area contributed by atoms with E-state index in [-0.39, 0.29) is 23.1 Å². The highest BCUT2D eigenvalue weighted by molar-refractivity contribution is 7.15. The maximum absolute atomic E-state index is 12.6. The molecule has 2 heterocycles. The zero-order chi connectivity index (χ0) is 22.0. The largest absolute Gasteiger partial charge is 0.311 e. The second-order valence-electron chi connectivity index (χ2n) is 7.09. The molecule has 0 saturated carbocycles. The monoisotopic (exact) mass is 437 g/mol. The number of anilines is 2. The number of nitro benzene ring substituents is 1. The van der Waals surface area contributed by atoms with Crippen molar-refractivity contribution in [1.82, 2.24) is 10.2 Å². The Labute approximate surface area is 181 Å². The van der Waals surface area contributed by atoms with Crippen molar-refractivity contribution in [2.45, 2.75) is 25.7 Å². The lowest BCUT2D eigenvalue weighted by Crippen LogP contribution is -2.25. The van der Waals surface area contributed by atoms with Gasteiger partial charge in [-0.05, 0) is 30.2 Å². The number of para-hydroxylation sites is 1. The average Bonchev–Trinajstić information content (AvgIpc) is 3.40. The van der Waals surface area contributed by atoms with Gasteiger partial charge in [0, 0.05) is 42.3 Å². The number of non-ortho nitro benzene ring substituents is 1. The van der Waals surface area contributed by atoms with Crippen molar-refractivity contribution in [1.29, 1.82) is 0 Å². The van der Waals surface area contributed by atoms with Crippen LogP contribution in [-0.2, 0) is 11.2 Å². The van der Waals surface area contributed by atoms with E-state index in [1.165, 1.54) is 35.6 Å². The number of amides is 2. The first-order valence-corrected chi connectivity index (χ1v) is 10.6. The summed E-state index contributed by atoms with van der Waals surface area (Å²) >= 11 is 1.23. The van der Waals surface area contributed by atoms with E-state index in [0.29, 0.717) is 23.1 Å². The van der Waals surface area contributed by atoms with E-state index in [0.717, 1.165) is 17.7 Å². The molecule has 2 amide bonds. The van der Waals surface area contributed by atoms with E-state index in [1.54, 1.807) is 4.90 Å². The molecule has 3 aromatic rings. The Balaban J connectivity index is 1.44. The number of hydrogen-bond acceptors (Lipinski definition) is 7. The lowest BCUT2D eigenvalue weighted by atomic mass is 10.1. The Morgan fingerprint density at radius 1 is 1.23 bits per heavy atom. The summed E-state index contributed by atoms with van der Waals surface area (Å²) in [7, 11) is 0. The molecule has 0 aliphatic carbocycles. The predicted molar refractivity (Wildman–Crippen MR) is 116 cm³/mol. The summed E-state index contributed by atoms with van der Waals surface area (Å²) in [5.74, 6) is -0.490. The van der Waals surface area contributed by atoms with E-state index in [2.05, 4.69) is 22.4 Å². The lowest BCUT2D eigenvalue weighted by Gasteiger charge is -2.19. The Morgan fingerprint density at radius 3 is 2.68 bits per heavy atom. The van der Waals surface area contributed by atoms with Gasteiger partial charge in [-0.25, -0.2) is 0 Å². The van der Waals surface area contributed by atoms with Crippen LogP contribution in [0.15, 0.2) is 48.5 Å². The van der Waals surface area contributed by atoms with Gasteiger partial charge in [0.25, 0.3) is 11.6 Å². The molecule has 158 valence electrons. The highest BCUT2D eigenvalue weighted by Crippen LogP contribution is 2.35. The molecule has 4 rings (SSSR count). The van der Waals surface area contributed by atoms with Crippen LogP contribution in [0.25, 0.3) is 0 Å². The summed E-state index contributed by atoms with van der Waals surface area (Å²) in [4.78, 5) is 37.0. The molecule has 1 fully saturated rings. The van der Waals surface area contributed by atoms with Crippen molar-refractivity contribution in [3.63, 3.8) is 0 Å². The third kappa shape index (κ3) is 4.29. The Bertz CT molecular complexity index is 1140. The van der Waals surface area contributed by atoms with Gasteiger partial charge in [-0.2, -0.15) is 0 Å². The van der Waals surface area contributed by atoms with E-state index < -0.39 is 10.8 Å². The summed E-state index contributed by atoms with van der Waals surface area (Å²) in [6, 6.07) is 13.2. The molecule has 10 heteroatoms. The zero-order valence-electron chi connectivity index (χ0n) is 16.6. The molecule has 2 aromatic carbocycles. The summed E-state index contributed by atoms with van der Waals surface area (Å²) < 4.78 is 0. The topological polar surface area (TPSA) is 118 Å². The maximum Gasteiger partial charge on any atom is 0.269 e. The minimum atomic E-state index is -0.524. The Kier molecular flexibility index (Phi) is 5.72. The minimum Gasteiger partial charge on any atom is -0.311 e. The Hall–Kier alpha value is -3.66. The molecule has 1 aromatic heterocycles. The van der Waals surface area contributed by atoms with E-state index in [1.807, 2.05) is 24.3 Å². The van der Waals surface area contributed by atoms with Crippen LogP contribution in [0.1, 0.15) is 40.2 Å². The summed E-state index contributed by atoms with van der Waals surface area (Å²) in [5, 5.41) is 22.6. The average molecular weight is 437 g/mol. The Morgan fingerprint density at radius 2 is 1.97 bits per heavy atom. The molecule has 1 unspecified atom stereocenters. The van der Waals surface area contributed by atoms with Crippen LogP contribution in [0, 0.1) is 10.1 Å². The molecule has 1 atom stereocenters. The van der Waals surface area contributed by atoms with Gasteiger partial charge in [0.2, 0.25) is 11.0 Å². The lowest BCUT2D eigenvalue weighted by molar-refractivity contribution is -0.384. The number of nitrogens with zero attached hydrogens (tertiary/aromatic N) is 4. The number of hydrogen-bond donors (Lipinski definition) is 1. The third-order valence-electron chi connectivity index (χ3n) is 5.14. The van der Waals surface area contributed by atoms with Crippen LogP contribution in [0.3, 0.4) is 0 Å². The van der Waals surface area contributed by atoms with Gasteiger partial charge in [-0.3, -0.25) is 25.0 Å². The number of nitrogens with one attached hydrogen (secondary N) is 1. The highest BCUT2D eigenvalue weighted by atomic mass is 32.1. The fourth-order valence-corrected chi connectivity index (χ4v) is 4.36. The quantitative estimate of drug-likeness (QED) is 0.463. The molecule has 1 saturated heterocycles. The van der Waals surface area contributed by atoms with Gasteiger partial charge in [-0.1, -0.05) is 36.5 Å². The van der Waals surface area contributed by atoms with Crippen LogP contribution in [0.5, 0.6) is 0 Å². The molecule has 1 N–H and O–H groups in total. The van der Waals surface area contributed by atoms with Crippen LogP contribution in [0.4, 0.5) is 16.5 Å². The molecule has 1 aliphatic rings. The molecular formula is C21H19N5O4S. The first-order valence-electron chi connectivity index (χ1n) is 9.73. The van der Waals surface area contributed by atoms with Crippen LogP contribution in [0.2, 0.25) is 0 Å². The van der Waals surface area contributed by atoms with Crippen LogP contribution in [-0.4, -0.2) is 33.5 Å². The number of rotatable bonds is 6. The van der Waals surface area contributed by atoms with E-state index in [4.69, 9.17) is 0 Å². The molecule has 0 spiro atoms.